The number of carbonyl (C=O) groups is 2. The molecule has 2 rings (SSSR count). The Morgan fingerprint density at radius 2 is 1.95 bits per heavy atom. The predicted molar refractivity (Wildman–Crippen MR) is 82.0 cm³/mol. The van der Waals surface area contributed by atoms with E-state index >= 15 is 0 Å². The van der Waals surface area contributed by atoms with Gasteiger partial charge in [-0.2, -0.15) is 0 Å². The number of nitrogens with one attached hydrogen (secondary N) is 2. The molecule has 21 heavy (non-hydrogen) atoms. The molecule has 1 atom stereocenters. The lowest BCUT2D eigenvalue weighted by Gasteiger charge is -2.13. The molecule has 2 N–H and O–H groups in total. The number of rotatable bonds is 5. The van der Waals surface area contributed by atoms with Crippen LogP contribution in [0.4, 0.5) is 0 Å². The number of fused-ring (bicyclic) bond motifs is 1. The third-order valence-corrected chi connectivity index (χ3v) is 3.12. The van der Waals surface area contributed by atoms with Crippen molar-refractivity contribution < 1.29 is 9.59 Å². The van der Waals surface area contributed by atoms with Crippen LogP contribution in [0.2, 0.25) is 0 Å². The topological polar surface area (TPSA) is 71.1 Å². The van der Waals surface area contributed by atoms with Gasteiger partial charge in [-0.05, 0) is 25.5 Å². The number of para-hydroxylation sites is 1. The summed E-state index contributed by atoms with van der Waals surface area (Å²) in [7, 11) is 0. The summed E-state index contributed by atoms with van der Waals surface area (Å²) in [4.78, 5) is 28.2. The predicted octanol–water partition coefficient (Wildman–Crippen LogP) is 1.88. The molecule has 0 spiro atoms. The van der Waals surface area contributed by atoms with E-state index in [4.69, 9.17) is 0 Å². The van der Waals surface area contributed by atoms with Crippen LogP contribution < -0.4 is 10.6 Å². The Bertz CT molecular complexity index is 655. The summed E-state index contributed by atoms with van der Waals surface area (Å²) in [6.07, 6.45) is 0.860. The van der Waals surface area contributed by atoms with Gasteiger partial charge in [0.2, 0.25) is 5.91 Å². The SMILES string of the molecule is CCCNC(=O)C(C)NC(=O)c1ccc2ccccc2n1. The summed E-state index contributed by atoms with van der Waals surface area (Å²) in [5.41, 5.74) is 1.07. The molecule has 5 heteroatoms. The van der Waals surface area contributed by atoms with Crippen molar-refractivity contribution in [3.63, 3.8) is 0 Å². The molecule has 0 radical (unpaired) electrons. The van der Waals surface area contributed by atoms with Crippen molar-refractivity contribution in [2.75, 3.05) is 6.54 Å². The molecule has 2 amide bonds. The summed E-state index contributed by atoms with van der Waals surface area (Å²) >= 11 is 0. The van der Waals surface area contributed by atoms with Gasteiger partial charge in [0.1, 0.15) is 11.7 Å². The molecule has 0 saturated carbocycles. The lowest BCUT2D eigenvalue weighted by molar-refractivity contribution is -0.122. The first-order valence-corrected chi connectivity index (χ1v) is 7.06. The molecular weight excluding hydrogens is 266 g/mol. The monoisotopic (exact) mass is 285 g/mol. The van der Waals surface area contributed by atoms with E-state index in [0.29, 0.717) is 12.2 Å². The molecule has 1 aromatic carbocycles. The molecule has 2 aromatic rings. The standard InChI is InChI=1S/C16H19N3O2/c1-3-10-17-15(20)11(2)18-16(21)14-9-8-12-6-4-5-7-13(12)19-14/h4-9,11H,3,10H2,1-2H3,(H,17,20)(H,18,21). The highest BCUT2D eigenvalue weighted by molar-refractivity contribution is 5.97. The van der Waals surface area contributed by atoms with Crippen molar-refractivity contribution in [3.8, 4) is 0 Å². The van der Waals surface area contributed by atoms with Crippen LogP contribution >= 0.6 is 0 Å². The lowest BCUT2D eigenvalue weighted by Crippen LogP contribution is -2.45. The van der Waals surface area contributed by atoms with Gasteiger partial charge in [-0.1, -0.05) is 31.2 Å². The molecule has 0 aliphatic rings. The molecule has 0 aliphatic carbocycles. The van der Waals surface area contributed by atoms with Gasteiger partial charge in [0, 0.05) is 11.9 Å². The fraction of sp³-hybridized carbons (Fsp3) is 0.312. The number of benzene rings is 1. The number of carbonyl (C=O) groups excluding carboxylic acids is 2. The molecule has 1 unspecified atom stereocenters. The van der Waals surface area contributed by atoms with E-state index in [1.807, 2.05) is 37.3 Å². The van der Waals surface area contributed by atoms with Gasteiger partial charge < -0.3 is 10.6 Å². The minimum Gasteiger partial charge on any atom is -0.354 e. The maximum Gasteiger partial charge on any atom is 0.270 e. The van der Waals surface area contributed by atoms with Crippen LogP contribution in [0, 0.1) is 0 Å². The molecule has 0 saturated heterocycles. The van der Waals surface area contributed by atoms with Gasteiger partial charge in [-0.15, -0.1) is 0 Å². The van der Waals surface area contributed by atoms with Crippen LogP contribution in [0.1, 0.15) is 30.8 Å². The van der Waals surface area contributed by atoms with Crippen molar-refractivity contribution in [2.45, 2.75) is 26.3 Å². The highest BCUT2D eigenvalue weighted by atomic mass is 16.2. The summed E-state index contributed by atoms with van der Waals surface area (Å²) in [6, 6.07) is 10.5. The average Bonchev–Trinajstić information content (AvgIpc) is 2.51. The Balaban J connectivity index is 2.06. The maximum absolute atomic E-state index is 12.1. The van der Waals surface area contributed by atoms with Gasteiger partial charge in [-0.3, -0.25) is 9.59 Å². The molecular formula is C16H19N3O2. The Labute approximate surface area is 123 Å². The Hall–Kier alpha value is -2.43. The zero-order valence-corrected chi connectivity index (χ0v) is 12.2. The first-order valence-electron chi connectivity index (χ1n) is 7.06. The van der Waals surface area contributed by atoms with E-state index in [-0.39, 0.29) is 11.8 Å². The molecule has 0 aliphatic heterocycles. The van der Waals surface area contributed by atoms with Gasteiger partial charge in [0.15, 0.2) is 0 Å². The molecule has 0 bridgehead atoms. The Morgan fingerprint density at radius 1 is 1.19 bits per heavy atom. The Kier molecular flexibility index (Phi) is 4.87. The number of hydrogen-bond acceptors (Lipinski definition) is 3. The van der Waals surface area contributed by atoms with Crippen LogP contribution in [-0.2, 0) is 4.79 Å². The van der Waals surface area contributed by atoms with E-state index in [1.54, 1.807) is 13.0 Å². The summed E-state index contributed by atoms with van der Waals surface area (Å²) in [5.74, 6) is -0.536. The van der Waals surface area contributed by atoms with Crippen LogP contribution in [0.5, 0.6) is 0 Å². The number of amides is 2. The third-order valence-electron chi connectivity index (χ3n) is 3.12. The van der Waals surface area contributed by atoms with Crippen LogP contribution in [0.15, 0.2) is 36.4 Å². The van der Waals surface area contributed by atoms with Crippen molar-refractivity contribution in [2.24, 2.45) is 0 Å². The van der Waals surface area contributed by atoms with Crippen LogP contribution in [0.25, 0.3) is 10.9 Å². The van der Waals surface area contributed by atoms with Crippen molar-refractivity contribution in [1.29, 1.82) is 0 Å². The molecule has 1 heterocycles. The van der Waals surface area contributed by atoms with Crippen LogP contribution in [-0.4, -0.2) is 29.4 Å². The summed E-state index contributed by atoms with van der Waals surface area (Å²) < 4.78 is 0. The smallest absolute Gasteiger partial charge is 0.270 e. The fourth-order valence-electron chi connectivity index (χ4n) is 1.93. The minimum atomic E-state index is -0.586. The largest absolute Gasteiger partial charge is 0.354 e. The first-order chi connectivity index (χ1) is 10.1. The zero-order chi connectivity index (χ0) is 15.2. The number of pyridine rings is 1. The van der Waals surface area contributed by atoms with E-state index in [9.17, 15) is 9.59 Å². The van der Waals surface area contributed by atoms with Gasteiger partial charge >= 0.3 is 0 Å². The van der Waals surface area contributed by atoms with Crippen molar-refractivity contribution >= 4 is 22.7 Å². The van der Waals surface area contributed by atoms with E-state index in [2.05, 4.69) is 15.6 Å². The van der Waals surface area contributed by atoms with E-state index in [1.165, 1.54) is 0 Å². The van der Waals surface area contributed by atoms with Crippen molar-refractivity contribution in [1.82, 2.24) is 15.6 Å². The Morgan fingerprint density at radius 3 is 2.71 bits per heavy atom. The molecule has 110 valence electrons. The summed E-state index contributed by atoms with van der Waals surface area (Å²) in [5, 5.41) is 6.38. The second-order valence-electron chi connectivity index (χ2n) is 4.88. The third kappa shape index (κ3) is 3.78. The average molecular weight is 285 g/mol. The van der Waals surface area contributed by atoms with E-state index < -0.39 is 6.04 Å². The number of aromatic nitrogens is 1. The normalized spacial score (nSPS) is 11.9. The fourth-order valence-corrected chi connectivity index (χ4v) is 1.93. The second kappa shape index (κ2) is 6.83. The van der Waals surface area contributed by atoms with Gasteiger partial charge in [0.25, 0.3) is 5.91 Å². The zero-order valence-electron chi connectivity index (χ0n) is 12.2. The van der Waals surface area contributed by atoms with Gasteiger partial charge in [-0.25, -0.2) is 4.98 Å². The number of nitrogens with zero attached hydrogens (tertiary/aromatic N) is 1. The maximum atomic E-state index is 12.1. The van der Waals surface area contributed by atoms with Crippen molar-refractivity contribution in [3.05, 3.63) is 42.1 Å². The van der Waals surface area contributed by atoms with Gasteiger partial charge in [0.05, 0.1) is 5.52 Å². The number of hydrogen-bond donors (Lipinski definition) is 2. The molecule has 5 nitrogen and oxygen atoms in total. The van der Waals surface area contributed by atoms with Crippen LogP contribution in [0.3, 0.4) is 0 Å². The van der Waals surface area contributed by atoms with E-state index in [0.717, 1.165) is 17.3 Å². The minimum absolute atomic E-state index is 0.189. The summed E-state index contributed by atoms with van der Waals surface area (Å²) in [6.45, 7) is 4.24. The second-order valence-corrected chi connectivity index (χ2v) is 4.88. The lowest BCUT2D eigenvalue weighted by atomic mass is 10.2. The first kappa shape index (κ1) is 15.0. The quantitative estimate of drug-likeness (QED) is 0.881. The highest BCUT2D eigenvalue weighted by Crippen LogP contribution is 2.11. The highest BCUT2D eigenvalue weighted by Gasteiger charge is 2.16. The molecule has 1 aromatic heterocycles. The molecule has 0 fully saturated rings.